The van der Waals surface area contributed by atoms with Crippen LogP contribution < -0.4 is 10.6 Å². The van der Waals surface area contributed by atoms with Crippen molar-refractivity contribution in [2.24, 2.45) is 5.73 Å². The second kappa shape index (κ2) is 7.18. The first-order valence-corrected chi connectivity index (χ1v) is 9.80. The number of hydrogen-bond donors (Lipinski definition) is 1. The topological polar surface area (TPSA) is 63.4 Å². The molecule has 4 nitrogen and oxygen atoms in total. The number of benzene rings is 2. The zero-order valence-electron chi connectivity index (χ0n) is 14.4. The standard InChI is InChI=1S/C21H17ClN2O2S/c22-14-5-3-4-13(12-14)18-8-9-19(27-18)21(26)24-11-10-16(20(23)25)15-6-1-2-7-17(15)24/h1-9,12,16H,10-11H2,(H2,23,25)/t16-/m1/s1. The Bertz CT molecular complexity index is 1030. The van der Waals surface area contributed by atoms with Gasteiger partial charge >= 0.3 is 0 Å². The van der Waals surface area contributed by atoms with Crippen molar-refractivity contribution in [1.29, 1.82) is 0 Å². The number of fused-ring (bicyclic) bond motifs is 1. The molecule has 0 saturated heterocycles. The molecule has 0 aliphatic carbocycles. The number of amides is 2. The normalized spacial score (nSPS) is 16.0. The number of hydrogen-bond acceptors (Lipinski definition) is 3. The Hall–Kier alpha value is -2.63. The summed E-state index contributed by atoms with van der Waals surface area (Å²) >= 11 is 7.51. The second-order valence-corrected chi connectivity index (χ2v) is 7.95. The maximum absolute atomic E-state index is 13.1. The average molecular weight is 397 g/mol. The molecule has 4 rings (SSSR count). The molecule has 1 aromatic heterocycles. The van der Waals surface area contributed by atoms with Gasteiger partial charge in [0.05, 0.1) is 10.8 Å². The maximum atomic E-state index is 13.1. The molecule has 0 saturated carbocycles. The lowest BCUT2D eigenvalue weighted by Gasteiger charge is -2.32. The summed E-state index contributed by atoms with van der Waals surface area (Å²) in [5.41, 5.74) is 8.10. The average Bonchev–Trinajstić information content (AvgIpc) is 3.16. The van der Waals surface area contributed by atoms with Crippen LogP contribution in [0, 0.1) is 0 Å². The van der Waals surface area contributed by atoms with Gasteiger partial charge in [-0.1, -0.05) is 41.9 Å². The summed E-state index contributed by atoms with van der Waals surface area (Å²) in [6.45, 7) is 0.466. The number of carbonyl (C=O) groups excluding carboxylic acids is 2. The summed E-state index contributed by atoms with van der Waals surface area (Å²) in [5.74, 6) is -0.770. The second-order valence-electron chi connectivity index (χ2n) is 6.43. The molecule has 2 heterocycles. The zero-order chi connectivity index (χ0) is 19.0. The fraction of sp³-hybridized carbons (Fsp3) is 0.143. The highest BCUT2D eigenvalue weighted by atomic mass is 35.5. The van der Waals surface area contributed by atoms with Gasteiger partial charge in [0, 0.05) is 22.1 Å². The van der Waals surface area contributed by atoms with Crippen molar-refractivity contribution in [3.05, 3.63) is 76.1 Å². The molecule has 0 fully saturated rings. The maximum Gasteiger partial charge on any atom is 0.268 e. The van der Waals surface area contributed by atoms with Crippen LogP contribution in [0.2, 0.25) is 5.02 Å². The molecular formula is C21H17ClN2O2S. The van der Waals surface area contributed by atoms with E-state index in [2.05, 4.69) is 0 Å². The third-order valence-corrected chi connectivity index (χ3v) is 6.12. The Kier molecular flexibility index (Phi) is 4.72. The van der Waals surface area contributed by atoms with Crippen LogP contribution in [0.15, 0.2) is 60.7 Å². The van der Waals surface area contributed by atoms with Crippen molar-refractivity contribution in [2.45, 2.75) is 12.3 Å². The smallest absolute Gasteiger partial charge is 0.268 e. The number of halogens is 1. The van der Waals surface area contributed by atoms with Crippen molar-refractivity contribution in [2.75, 3.05) is 11.4 Å². The quantitative estimate of drug-likeness (QED) is 0.698. The van der Waals surface area contributed by atoms with E-state index in [0.717, 1.165) is 21.7 Å². The van der Waals surface area contributed by atoms with Gasteiger partial charge in [0.2, 0.25) is 5.91 Å². The number of thiophene rings is 1. The van der Waals surface area contributed by atoms with E-state index in [-0.39, 0.29) is 17.7 Å². The van der Waals surface area contributed by atoms with Crippen molar-refractivity contribution in [3.63, 3.8) is 0 Å². The minimum absolute atomic E-state index is 0.0661. The van der Waals surface area contributed by atoms with Gasteiger partial charge in [-0.2, -0.15) is 0 Å². The molecular weight excluding hydrogens is 380 g/mol. The first kappa shape index (κ1) is 17.8. The number of para-hydroxylation sites is 1. The lowest BCUT2D eigenvalue weighted by molar-refractivity contribution is -0.119. The van der Waals surface area contributed by atoms with Gasteiger partial charge in [-0.3, -0.25) is 9.59 Å². The summed E-state index contributed by atoms with van der Waals surface area (Å²) in [6.07, 6.45) is 0.532. The van der Waals surface area contributed by atoms with Gasteiger partial charge in [0.25, 0.3) is 5.91 Å². The summed E-state index contributed by atoms with van der Waals surface area (Å²) < 4.78 is 0. The van der Waals surface area contributed by atoms with Crippen LogP contribution in [-0.2, 0) is 4.79 Å². The largest absolute Gasteiger partial charge is 0.369 e. The van der Waals surface area contributed by atoms with Crippen LogP contribution in [0.4, 0.5) is 5.69 Å². The molecule has 0 bridgehead atoms. The molecule has 2 amide bonds. The summed E-state index contributed by atoms with van der Waals surface area (Å²) in [4.78, 5) is 28.3. The Morgan fingerprint density at radius 3 is 2.67 bits per heavy atom. The fourth-order valence-corrected chi connectivity index (χ4v) is 4.59. The molecule has 0 spiro atoms. The van der Waals surface area contributed by atoms with Crippen LogP contribution >= 0.6 is 22.9 Å². The predicted molar refractivity (Wildman–Crippen MR) is 109 cm³/mol. The first-order valence-electron chi connectivity index (χ1n) is 8.60. The Labute approximate surface area is 166 Å². The van der Waals surface area contributed by atoms with E-state index in [9.17, 15) is 9.59 Å². The van der Waals surface area contributed by atoms with Crippen LogP contribution in [-0.4, -0.2) is 18.4 Å². The van der Waals surface area contributed by atoms with E-state index < -0.39 is 0 Å². The van der Waals surface area contributed by atoms with Gasteiger partial charge in [0.15, 0.2) is 0 Å². The van der Waals surface area contributed by atoms with Crippen molar-refractivity contribution in [3.8, 4) is 10.4 Å². The first-order chi connectivity index (χ1) is 13.0. The van der Waals surface area contributed by atoms with Crippen LogP contribution in [0.3, 0.4) is 0 Å². The third kappa shape index (κ3) is 3.36. The molecule has 0 radical (unpaired) electrons. The van der Waals surface area contributed by atoms with Crippen LogP contribution in [0.1, 0.15) is 27.6 Å². The third-order valence-electron chi connectivity index (χ3n) is 4.76. The molecule has 0 unspecified atom stereocenters. The monoisotopic (exact) mass is 396 g/mol. The lowest BCUT2D eigenvalue weighted by atomic mass is 9.89. The highest BCUT2D eigenvalue weighted by molar-refractivity contribution is 7.17. The summed E-state index contributed by atoms with van der Waals surface area (Å²) in [7, 11) is 0. The van der Waals surface area contributed by atoms with Crippen LogP contribution in [0.25, 0.3) is 10.4 Å². The molecule has 2 N–H and O–H groups in total. The van der Waals surface area contributed by atoms with E-state index in [0.29, 0.717) is 22.9 Å². The molecule has 6 heteroatoms. The lowest BCUT2D eigenvalue weighted by Crippen LogP contribution is -2.39. The van der Waals surface area contributed by atoms with E-state index in [1.165, 1.54) is 11.3 Å². The Morgan fingerprint density at radius 2 is 1.89 bits per heavy atom. The van der Waals surface area contributed by atoms with Crippen molar-refractivity contribution < 1.29 is 9.59 Å². The van der Waals surface area contributed by atoms with Gasteiger partial charge < -0.3 is 10.6 Å². The number of primary amides is 1. The van der Waals surface area contributed by atoms with Crippen molar-refractivity contribution >= 4 is 40.4 Å². The van der Waals surface area contributed by atoms with Crippen molar-refractivity contribution in [1.82, 2.24) is 0 Å². The van der Waals surface area contributed by atoms with E-state index in [1.54, 1.807) is 4.90 Å². The van der Waals surface area contributed by atoms with Gasteiger partial charge in [-0.05, 0) is 47.9 Å². The van der Waals surface area contributed by atoms with Gasteiger partial charge in [0.1, 0.15) is 0 Å². The number of rotatable bonds is 3. The summed E-state index contributed by atoms with van der Waals surface area (Å²) in [6, 6.07) is 18.8. The molecule has 2 aromatic carbocycles. The van der Waals surface area contributed by atoms with E-state index in [1.807, 2.05) is 60.7 Å². The number of nitrogens with zero attached hydrogens (tertiary/aromatic N) is 1. The van der Waals surface area contributed by atoms with E-state index >= 15 is 0 Å². The Morgan fingerprint density at radius 1 is 1.07 bits per heavy atom. The molecule has 1 aliphatic rings. The predicted octanol–water partition coefficient (Wildman–Crippen LogP) is 4.69. The minimum Gasteiger partial charge on any atom is -0.369 e. The zero-order valence-corrected chi connectivity index (χ0v) is 16.0. The molecule has 3 aromatic rings. The highest BCUT2D eigenvalue weighted by Gasteiger charge is 2.32. The molecule has 1 atom stereocenters. The Balaban J connectivity index is 1.66. The molecule has 136 valence electrons. The van der Waals surface area contributed by atoms with Crippen LogP contribution in [0.5, 0.6) is 0 Å². The van der Waals surface area contributed by atoms with Gasteiger partial charge in [-0.15, -0.1) is 11.3 Å². The highest BCUT2D eigenvalue weighted by Crippen LogP contribution is 2.37. The van der Waals surface area contributed by atoms with Gasteiger partial charge in [-0.25, -0.2) is 0 Å². The number of carbonyl (C=O) groups is 2. The minimum atomic E-state index is -0.353. The fourth-order valence-electron chi connectivity index (χ4n) is 3.45. The molecule has 27 heavy (non-hydrogen) atoms. The van der Waals surface area contributed by atoms with E-state index in [4.69, 9.17) is 17.3 Å². The number of nitrogens with two attached hydrogens (primary N) is 1. The SMILES string of the molecule is NC(=O)[C@@H]1CCN(C(=O)c2ccc(-c3cccc(Cl)c3)s2)c2ccccc21. The molecule has 1 aliphatic heterocycles. The number of anilines is 1. The summed E-state index contributed by atoms with van der Waals surface area (Å²) in [5, 5.41) is 0.663.